The number of fused-ring (bicyclic) bond motifs is 1. The Kier molecular flexibility index (Phi) is 3.53. The van der Waals surface area contributed by atoms with Gasteiger partial charge in [-0.2, -0.15) is 0 Å². The van der Waals surface area contributed by atoms with Crippen LogP contribution in [0.25, 0.3) is 10.9 Å². The number of rotatable bonds is 3. The Morgan fingerprint density at radius 3 is 2.67 bits per heavy atom. The number of hydrogen-bond donors (Lipinski definition) is 0. The van der Waals surface area contributed by atoms with Crippen molar-refractivity contribution >= 4 is 17.1 Å². The van der Waals surface area contributed by atoms with E-state index in [0.717, 1.165) is 5.69 Å². The van der Waals surface area contributed by atoms with Crippen LogP contribution in [-0.4, -0.2) is 23.4 Å². The van der Waals surface area contributed by atoms with Crippen LogP contribution in [0.1, 0.15) is 26.5 Å². The summed E-state index contributed by atoms with van der Waals surface area (Å²) < 4.78 is 7.40. The second-order valence-electron chi connectivity index (χ2n) is 5.40. The molecule has 0 unspecified atom stereocenters. The summed E-state index contributed by atoms with van der Waals surface area (Å²) in [5, 5.41) is 1.21. The van der Waals surface area contributed by atoms with Gasteiger partial charge in [0.2, 0.25) is 0 Å². The van der Waals surface area contributed by atoms with E-state index in [9.17, 15) is 0 Å². The van der Waals surface area contributed by atoms with E-state index < -0.39 is 0 Å². The maximum Gasteiger partial charge on any atom is 0.123 e. The molecule has 0 N–H and O–H groups in total. The van der Waals surface area contributed by atoms with Crippen LogP contribution in [0, 0.1) is 0 Å². The second-order valence-corrected chi connectivity index (χ2v) is 5.40. The highest BCUT2D eigenvalue weighted by atomic mass is 16.5. The molecule has 2 aromatic rings. The maximum atomic E-state index is 5.27. The molecule has 3 nitrogen and oxygen atoms in total. The molecule has 1 aromatic heterocycles. The lowest BCUT2D eigenvalue weighted by Gasteiger charge is -2.12. The largest absolute Gasteiger partial charge is 0.364 e. The molecule has 0 aliphatic heterocycles. The zero-order chi connectivity index (χ0) is 13.2. The van der Waals surface area contributed by atoms with Gasteiger partial charge in [-0.15, -0.1) is 0 Å². The van der Waals surface area contributed by atoms with Gasteiger partial charge in [0.1, 0.15) is 6.73 Å². The lowest BCUT2D eigenvalue weighted by Crippen LogP contribution is -2.11. The highest BCUT2D eigenvalue weighted by Crippen LogP contribution is 2.19. The van der Waals surface area contributed by atoms with Crippen molar-refractivity contribution in [2.24, 2.45) is 4.99 Å². The predicted molar refractivity (Wildman–Crippen MR) is 76.3 cm³/mol. The molecule has 0 saturated carbocycles. The van der Waals surface area contributed by atoms with Gasteiger partial charge in [0.25, 0.3) is 0 Å². The number of methoxy groups -OCH3 is 1. The van der Waals surface area contributed by atoms with Gasteiger partial charge in [0, 0.05) is 18.7 Å². The fraction of sp³-hybridized carbons (Fsp3) is 0.400. The molecule has 0 atom stereocenters. The summed E-state index contributed by atoms with van der Waals surface area (Å²) in [6.07, 6.45) is 1.93. The van der Waals surface area contributed by atoms with Gasteiger partial charge < -0.3 is 9.30 Å². The van der Waals surface area contributed by atoms with Gasteiger partial charge in [0.15, 0.2) is 0 Å². The van der Waals surface area contributed by atoms with Crippen LogP contribution < -0.4 is 0 Å². The van der Waals surface area contributed by atoms with E-state index in [0.29, 0.717) is 6.73 Å². The predicted octanol–water partition coefficient (Wildman–Crippen LogP) is 3.46. The summed E-state index contributed by atoms with van der Waals surface area (Å²) in [5.41, 5.74) is 2.19. The molecule has 0 fully saturated rings. The third-order valence-electron chi connectivity index (χ3n) is 2.68. The Balaban J connectivity index is 2.49. The summed E-state index contributed by atoms with van der Waals surface area (Å²) in [4.78, 5) is 4.56. The van der Waals surface area contributed by atoms with E-state index in [1.54, 1.807) is 7.11 Å². The quantitative estimate of drug-likeness (QED) is 0.759. The van der Waals surface area contributed by atoms with Crippen LogP contribution in [0.5, 0.6) is 0 Å². The third-order valence-corrected chi connectivity index (χ3v) is 2.68. The summed E-state index contributed by atoms with van der Waals surface area (Å²) in [5.74, 6) is 0. The topological polar surface area (TPSA) is 26.5 Å². The Morgan fingerprint density at radius 2 is 2.00 bits per heavy atom. The van der Waals surface area contributed by atoms with Crippen molar-refractivity contribution < 1.29 is 4.74 Å². The van der Waals surface area contributed by atoms with E-state index >= 15 is 0 Å². The average molecular weight is 244 g/mol. The molecule has 0 radical (unpaired) electrons. The van der Waals surface area contributed by atoms with Crippen LogP contribution in [-0.2, 0) is 11.5 Å². The lowest BCUT2D eigenvalue weighted by molar-refractivity contribution is 0.134. The first-order valence-electron chi connectivity index (χ1n) is 6.14. The van der Waals surface area contributed by atoms with Gasteiger partial charge in [-0.25, -0.2) is 0 Å². The fourth-order valence-corrected chi connectivity index (χ4v) is 1.87. The first-order valence-corrected chi connectivity index (χ1v) is 6.14. The number of aliphatic imine (C=N–C) groups is 1. The van der Waals surface area contributed by atoms with E-state index in [4.69, 9.17) is 4.74 Å². The summed E-state index contributed by atoms with van der Waals surface area (Å²) in [6, 6.07) is 10.4. The zero-order valence-electron chi connectivity index (χ0n) is 11.5. The molecule has 96 valence electrons. The Hall–Kier alpha value is -1.61. The summed E-state index contributed by atoms with van der Waals surface area (Å²) in [7, 11) is 1.71. The molecule has 0 aliphatic rings. The number of hydrogen-bond acceptors (Lipinski definition) is 2. The molecule has 0 amide bonds. The highest BCUT2D eigenvalue weighted by molar-refractivity contribution is 5.90. The maximum absolute atomic E-state index is 5.27. The van der Waals surface area contributed by atoms with Crippen molar-refractivity contribution in [1.82, 2.24) is 4.57 Å². The molecule has 2 rings (SSSR count). The molecular formula is C15H20N2O. The summed E-state index contributed by atoms with van der Waals surface area (Å²) >= 11 is 0. The van der Waals surface area contributed by atoms with Gasteiger partial charge in [-0.3, -0.25) is 4.99 Å². The minimum Gasteiger partial charge on any atom is -0.364 e. The van der Waals surface area contributed by atoms with E-state index in [2.05, 4.69) is 48.5 Å². The zero-order valence-corrected chi connectivity index (χ0v) is 11.5. The Labute approximate surface area is 108 Å². The third kappa shape index (κ3) is 2.79. The SMILES string of the molecule is COCn1c(C=NC(C)(C)C)cc2ccccc21. The van der Waals surface area contributed by atoms with Crippen LogP contribution in [0.3, 0.4) is 0 Å². The molecule has 1 aromatic carbocycles. The Bertz CT molecular complexity index is 561. The van der Waals surface area contributed by atoms with Crippen LogP contribution in [0.4, 0.5) is 0 Å². The molecule has 18 heavy (non-hydrogen) atoms. The number of nitrogens with zero attached hydrogens (tertiary/aromatic N) is 2. The van der Waals surface area contributed by atoms with Crippen molar-refractivity contribution in [2.45, 2.75) is 33.0 Å². The van der Waals surface area contributed by atoms with Crippen LogP contribution >= 0.6 is 0 Å². The van der Waals surface area contributed by atoms with E-state index in [1.165, 1.54) is 10.9 Å². The van der Waals surface area contributed by atoms with Crippen molar-refractivity contribution in [1.29, 1.82) is 0 Å². The second kappa shape index (κ2) is 4.94. The molecule has 0 saturated heterocycles. The standard InChI is InChI=1S/C15H20N2O/c1-15(2,3)16-10-13-9-12-7-5-6-8-14(12)17(13)11-18-4/h5-10H,11H2,1-4H3. The minimum atomic E-state index is -0.0612. The molecular weight excluding hydrogens is 224 g/mol. The van der Waals surface area contributed by atoms with Crippen LogP contribution in [0.15, 0.2) is 35.3 Å². The Morgan fingerprint density at radius 1 is 1.28 bits per heavy atom. The summed E-state index contributed by atoms with van der Waals surface area (Å²) in [6.45, 7) is 6.81. The number of aromatic nitrogens is 1. The molecule has 0 spiro atoms. The van der Waals surface area contributed by atoms with E-state index in [-0.39, 0.29) is 5.54 Å². The van der Waals surface area contributed by atoms with Gasteiger partial charge >= 0.3 is 0 Å². The molecule has 0 bridgehead atoms. The lowest BCUT2D eigenvalue weighted by atomic mass is 10.1. The van der Waals surface area contributed by atoms with Crippen molar-refractivity contribution in [3.8, 4) is 0 Å². The molecule has 3 heteroatoms. The number of benzene rings is 1. The van der Waals surface area contributed by atoms with Gasteiger partial charge in [-0.1, -0.05) is 18.2 Å². The van der Waals surface area contributed by atoms with Crippen molar-refractivity contribution in [3.05, 3.63) is 36.0 Å². The van der Waals surface area contributed by atoms with Crippen molar-refractivity contribution in [2.75, 3.05) is 7.11 Å². The first kappa shape index (κ1) is 12.8. The van der Waals surface area contributed by atoms with E-state index in [1.807, 2.05) is 18.3 Å². The smallest absolute Gasteiger partial charge is 0.123 e. The number of para-hydroxylation sites is 1. The first-order chi connectivity index (χ1) is 8.51. The fourth-order valence-electron chi connectivity index (χ4n) is 1.87. The van der Waals surface area contributed by atoms with Crippen LogP contribution in [0.2, 0.25) is 0 Å². The number of ether oxygens (including phenoxy) is 1. The highest BCUT2D eigenvalue weighted by Gasteiger charge is 2.09. The molecule has 0 aliphatic carbocycles. The van der Waals surface area contributed by atoms with Crippen molar-refractivity contribution in [3.63, 3.8) is 0 Å². The normalized spacial score (nSPS) is 12.7. The minimum absolute atomic E-state index is 0.0612. The average Bonchev–Trinajstić information content (AvgIpc) is 2.65. The monoisotopic (exact) mass is 244 g/mol. The van der Waals surface area contributed by atoms with Gasteiger partial charge in [-0.05, 0) is 32.9 Å². The van der Waals surface area contributed by atoms with Gasteiger partial charge in [0.05, 0.1) is 16.7 Å². The molecule has 1 heterocycles.